The molecule has 3 rings (SSSR count). The summed E-state index contributed by atoms with van der Waals surface area (Å²) >= 11 is 0. The summed E-state index contributed by atoms with van der Waals surface area (Å²) in [7, 11) is 0. The molecule has 5 heteroatoms. The van der Waals surface area contributed by atoms with Crippen LogP contribution in [-0.2, 0) is 5.41 Å². The summed E-state index contributed by atoms with van der Waals surface area (Å²) < 4.78 is 26.5. The van der Waals surface area contributed by atoms with Gasteiger partial charge in [0.05, 0.1) is 0 Å². The third kappa shape index (κ3) is 1.98. The lowest BCUT2D eigenvalue weighted by Crippen LogP contribution is -2.41. The summed E-state index contributed by atoms with van der Waals surface area (Å²) in [5.41, 5.74) is -0.0156. The van der Waals surface area contributed by atoms with Crippen molar-refractivity contribution >= 4 is 0 Å². The Morgan fingerprint density at radius 1 is 1.10 bits per heavy atom. The number of aliphatic hydroxyl groups excluding tert-OH is 1. The number of hydrogen-bond donors (Lipinski definition) is 1. The summed E-state index contributed by atoms with van der Waals surface area (Å²) in [6.45, 7) is 0. The lowest BCUT2D eigenvalue weighted by Gasteiger charge is -2.45. The molecule has 1 heterocycles. The zero-order chi connectivity index (χ0) is 14.2. The second-order valence-electron chi connectivity index (χ2n) is 5.15. The molecule has 1 atom stereocenters. The van der Waals surface area contributed by atoms with Crippen LogP contribution in [0.2, 0.25) is 0 Å². The maximum absolute atomic E-state index is 13.4. The van der Waals surface area contributed by atoms with Gasteiger partial charge in [0.2, 0.25) is 0 Å². The van der Waals surface area contributed by atoms with Crippen molar-refractivity contribution in [2.24, 2.45) is 0 Å². The second-order valence-corrected chi connectivity index (χ2v) is 5.15. The Balaban J connectivity index is 2.01. The molecule has 0 amide bonds. The molecule has 1 aliphatic carbocycles. The van der Waals surface area contributed by atoms with Gasteiger partial charge < -0.3 is 5.11 Å². The fourth-order valence-corrected chi connectivity index (χ4v) is 2.78. The topological polar surface area (TPSA) is 46.0 Å². The number of rotatable bonds is 3. The normalized spacial score (nSPS) is 18.4. The van der Waals surface area contributed by atoms with E-state index in [1.54, 1.807) is 18.5 Å². The molecule has 1 aromatic carbocycles. The lowest BCUT2D eigenvalue weighted by atomic mass is 9.61. The van der Waals surface area contributed by atoms with Gasteiger partial charge in [-0.3, -0.25) is 0 Å². The molecule has 0 spiro atoms. The van der Waals surface area contributed by atoms with Gasteiger partial charge in [0.15, 0.2) is 17.5 Å². The van der Waals surface area contributed by atoms with Crippen LogP contribution in [0.15, 0.2) is 36.7 Å². The first-order chi connectivity index (χ1) is 9.63. The highest BCUT2D eigenvalue weighted by Crippen LogP contribution is 2.51. The summed E-state index contributed by atoms with van der Waals surface area (Å²) in [5, 5.41) is 10.6. The summed E-state index contributed by atoms with van der Waals surface area (Å²) in [6.07, 6.45) is 4.55. The molecule has 0 radical (unpaired) electrons. The number of halogens is 2. The van der Waals surface area contributed by atoms with E-state index in [-0.39, 0.29) is 0 Å². The van der Waals surface area contributed by atoms with Gasteiger partial charge in [0, 0.05) is 17.8 Å². The van der Waals surface area contributed by atoms with Crippen molar-refractivity contribution < 1.29 is 13.9 Å². The fraction of sp³-hybridized carbons (Fsp3) is 0.333. The van der Waals surface area contributed by atoms with Gasteiger partial charge in [0.1, 0.15) is 6.10 Å². The predicted molar refractivity (Wildman–Crippen MR) is 68.9 cm³/mol. The van der Waals surface area contributed by atoms with E-state index in [1.165, 1.54) is 12.1 Å². The minimum Gasteiger partial charge on any atom is -0.384 e. The second kappa shape index (κ2) is 4.90. The van der Waals surface area contributed by atoms with Crippen LogP contribution in [0, 0.1) is 11.6 Å². The molecule has 1 fully saturated rings. The van der Waals surface area contributed by atoms with E-state index >= 15 is 0 Å². The van der Waals surface area contributed by atoms with Crippen LogP contribution in [0.5, 0.6) is 0 Å². The van der Waals surface area contributed by atoms with Gasteiger partial charge >= 0.3 is 0 Å². The van der Waals surface area contributed by atoms with E-state index in [4.69, 9.17) is 0 Å². The molecule has 0 bridgehead atoms. The van der Waals surface area contributed by atoms with Gasteiger partial charge in [-0.25, -0.2) is 18.7 Å². The Hall–Kier alpha value is -1.88. The van der Waals surface area contributed by atoms with E-state index < -0.39 is 23.2 Å². The monoisotopic (exact) mass is 276 g/mol. The Bertz CT molecular complexity index is 615. The Labute approximate surface area is 115 Å². The van der Waals surface area contributed by atoms with Crippen LogP contribution in [0.25, 0.3) is 0 Å². The maximum atomic E-state index is 13.4. The molecule has 1 aromatic heterocycles. The van der Waals surface area contributed by atoms with Crippen molar-refractivity contribution in [3.63, 3.8) is 0 Å². The van der Waals surface area contributed by atoms with E-state index in [0.717, 1.165) is 12.5 Å². The number of aliphatic hydroxyl groups is 1. The lowest BCUT2D eigenvalue weighted by molar-refractivity contribution is 0.0202. The van der Waals surface area contributed by atoms with Crippen molar-refractivity contribution in [2.45, 2.75) is 30.8 Å². The summed E-state index contributed by atoms with van der Waals surface area (Å²) in [4.78, 5) is 8.13. The molecular weight excluding hydrogens is 262 g/mol. The van der Waals surface area contributed by atoms with Gasteiger partial charge in [-0.1, -0.05) is 12.5 Å². The Kier molecular flexibility index (Phi) is 3.22. The highest BCUT2D eigenvalue weighted by Gasteiger charge is 2.47. The first kappa shape index (κ1) is 13.1. The van der Waals surface area contributed by atoms with E-state index in [0.29, 0.717) is 24.2 Å². The van der Waals surface area contributed by atoms with E-state index in [1.807, 2.05) is 0 Å². The highest BCUT2D eigenvalue weighted by atomic mass is 19.2. The summed E-state index contributed by atoms with van der Waals surface area (Å²) in [5.74, 6) is -1.46. The molecular formula is C15H14F2N2O. The van der Waals surface area contributed by atoms with Crippen molar-refractivity contribution in [2.75, 3.05) is 0 Å². The molecule has 0 aliphatic heterocycles. The largest absolute Gasteiger partial charge is 0.384 e. The standard InChI is InChI=1S/C15H14F2N2O/c16-11-4-3-10(9-12(11)17)15(5-1-6-15)13(20)14-18-7-2-8-19-14/h2-4,7-9,13,20H,1,5-6H2. The maximum Gasteiger partial charge on any atom is 0.159 e. The molecule has 1 N–H and O–H groups in total. The van der Waals surface area contributed by atoms with Gasteiger partial charge in [-0.2, -0.15) is 0 Å². The molecule has 20 heavy (non-hydrogen) atoms. The van der Waals surface area contributed by atoms with Crippen LogP contribution < -0.4 is 0 Å². The minimum atomic E-state index is -0.915. The molecule has 2 aromatic rings. The summed E-state index contributed by atoms with van der Waals surface area (Å²) in [6, 6.07) is 5.47. The van der Waals surface area contributed by atoms with Gasteiger partial charge in [0.25, 0.3) is 0 Å². The predicted octanol–water partition coefficient (Wildman–Crippen LogP) is 2.91. The van der Waals surface area contributed by atoms with Crippen LogP contribution >= 0.6 is 0 Å². The number of benzene rings is 1. The van der Waals surface area contributed by atoms with Crippen LogP contribution in [-0.4, -0.2) is 15.1 Å². The number of aromatic nitrogens is 2. The van der Waals surface area contributed by atoms with E-state index in [2.05, 4.69) is 9.97 Å². The van der Waals surface area contributed by atoms with Gasteiger partial charge in [-0.15, -0.1) is 0 Å². The molecule has 1 unspecified atom stereocenters. The SMILES string of the molecule is OC(c1ncccn1)C1(c2ccc(F)c(F)c2)CCC1. The quantitative estimate of drug-likeness (QED) is 0.937. The average molecular weight is 276 g/mol. The fourth-order valence-electron chi connectivity index (χ4n) is 2.78. The van der Waals surface area contributed by atoms with Gasteiger partial charge in [-0.05, 0) is 36.6 Å². The van der Waals surface area contributed by atoms with E-state index in [9.17, 15) is 13.9 Å². The molecule has 1 aliphatic rings. The average Bonchev–Trinajstić information content (AvgIpc) is 2.42. The smallest absolute Gasteiger partial charge is 0.159 e. The Morgan fingerprint density at radius 3 is 2.35 bits per heavy atom. The first-order valence-electron chi connectivity index (χ1n) is 6.54. The zero-order valence-electron chi connectivity index (χ0n) is 10.8. The molecule has 3 nitrogen and oxygen atoms in total. The number of nitrogens with zero attached hydrogens (tertiary/aromatic N) is 2. The van der Waals surface area contributed by atoms with Crippen molar-refractivity contribution in [1.29, 1.82) is 0 Å². The third-order valence-electron chi connectivity index (χ3n) is 4.09. The van der Waals surface area contributed by atoms with Crippen LogP contribution in [0.1, 0.15) is 36.8 Å². The van der Waals surface area contributed by atoms with Crippen LogP contribution in [0.3, 0.4) is 0 Å². The molecule has 1 saturated carbocycles. The van der Waals surface area contributed by atoms with Crippen molar-refractivity contribution in [1.82, 2.24) is 9.97 Å². The Morgan fingerprint density at radius 2 is 1.80 bits per heavy atom. The highest BCUT2D eigenvalue weighted by molar-refractivity contribution is 5.32. The zero-order valence-corrected chi connectivity index (χ0v) is 10.8. The minimum absolute atomic E-state index is 0.317. The number of hydrogen-bond acceptors (Lipinski definition) is 3. The van der Waals surface area contributed by atoms with Crippen molar-refractivity contribution in [3.05, 3.63) is 59.7 Å². The third-order valence-corrected chi connectivity index (χ3v) is 4.09. The van der Waals surface area contributed by atoms with Crippen molar-refractivity contribution in [3.8, 4) is 0 Å². The van der Waals surface area contributed by atoms with Crippen LogP contribution in [0.4, 0.5) is 8.78 Å². The first-order valence-corrected chi connectivity index (χ1v) is 6.54. The molecule has 104 valence electrons. The molecule has 0 saturated heterocycles.